The Morgan fingerprint density at radius 1 is 1.19 bits per heavy atom. The molecule has 4 nitrogen and oxygen atoms in total. The fourth-order valence-electron chi connectivity index (χ4n) is 3.97. The van der Waals surface area contributed by atoms with Crippen molar-refractivity contribution in [3.8, 4) is 21.8 Å². The molecule has 0 spiro atoms. The summed E-state index contributed by atoms with van der Waals surface area (Å²) in [7, 11) is 0. The van der Waals surface area contributed by atoms with Crippen molar-refractivity contribution in [2.75, 3.05) is 26.2 Å². The zero-order valence-corrected chi connectivity index (χ0v) is 16.7. The van der Waals surface area contributed by atoms with Crippen molar-refractivity contribution in [1.82, 2.24) is 14.5 Å². The van der Waals surface area contributed by atoms with Crippen LogP contribution in [0.5, 0.6) is 0 Å². The second-order valence-corrected chi connectivity index (χ2v) is 8.34. The number of aliphatic hydroxyl groups excluding tert-OH is 1. The third-order valence-corrected chi connectivity index (χ3v) is 6.50. The zero-order chi connectivity index (χ0) is 18.6. The Hall–Kier alpha value is -1.95. The van der Waals surface area contributed by atoms with Gasteiger partial charge in [-0.3, -0.25) is 0 Å². The van der Waals surface area contributed by atoms with Crippen LogP contribution in [0.25, 0.3) is 21.8 Å². The lowest BCUT2D eigenvalue weighted by molar-refractivity contribution is 0.118. The third kappa shape index (κ3) is 4.00. The minimum absolute atomic E-state index is 0.305. The molecule has 1 aliphatic heterocycles. The number of aryl methyl sites for hydroxylation is 1. The first-order valence-electron chi connectivity index (χ1n) is 9.74. The summed E-state index contributed by atoms with van der Waals surface area (Å²) < 4.78 is 2.31. The molecule has 3 aromatic rings. The zero-order valence-electron chi connectivity index (χ0n) is 15.8. The van der Waals surface area contributed by atoms with Crippen LogP contribution in [0.2, 0.25) is 0 Å². The van der Waals surface area contributed by atoms with Gasteiger partial charge in [0.15, 0.2) is 0 Å². The van der Waals surface area contributed by atoms with Crippen LogP contribution in [0.15, 0.2) is 48.1 Å². The van der Waals surface area contributed by atoms with E-state index in [1.54, 1.807) is 11.3 Å². The van der Waals surface area contributed by atoms with Crippen molar-refractivity contribution >= 4 is 11.3 Å². The average Bonchev–Trinajstić information content (AvgIpc) is 3.32. The van der Waals surface area contributed by atoms with Gasteiger partial charge in [0.05, 0.1) is 22.6 Å². The molecule has 0 unspecified atom stereocenters. The number of piperidine rings is 1. The lowest BCUT2D eigenvalue weighted by atomic mass is 9.99. The van der Waals surface area contributed by atoms with Gasteiger partial charge in [-0.1, -0.05) is 30.3 Å². The van der Waals surface area contributed by atoms with Crippen LogP contribution in [0, 0.1) is 12.8 Å². The van der Waals surface area contributed by atoms with Crippen LogP contribution in [0.3, 0.4) is 0 Å². The van der Waals surface area contributed by atoms with Gasteiger partial charge in [0.25, 0.3) is 0 Å². The Kier molecular flexibility index (Phi) is 5.72. The van der Waals surface area contributed by atoms with E-state index < -0.39 is 0 Å². The van der Waals surface area contributed by atoms with Gasteiger partial charge < -0.3 is 14.6 Å². The van der Waals surface area contributed by atoms with E-state index in [1.165, 1.54) is 22.6 Å². The van der Waals surface area contributed by atoms with E-state index in [-0.39, 0.29) is 0 Å². The van der Waals surface area contributed by atoms with E-state index in [0.717, 1.165) is 43.9 Å². The quantitative estimate of drug-likeness (QED) is 0.692. The number of hydrogen-bond acceptors (Lipinski definition) is 4. The lowest BCUT2D eigenvalue weighted by Gasteiger charge is -2.31. The Morgan fingerprint density at radius 2 is 2.04 bits per heavy atom. The van der Waals surface area contributed by atoms with Crippen molar-refractivity contribution in [2.24, 2.45) is 5.92 Å². The Labute approximate surface area is 165 Å². The number of imidazole rings is 1. The van der Waals surface area contributed by atoms with Gasteiger partial charge in [-0.25, -0.2) is 4.98 Å². The van der Waals surface area contributed by atoms with Crippen molar-refractivity contribution in [3.63, 3.8) is 0 Å². The molecular weight excluding hydrogens is 354 g/mol. The van der Waals surface area contributed by atoms with Crippen LogP contribution in [-0.4, -0.2) is 45.8 Å². The molecule has 1 fully saturated rings. The second kappa shape index (κ2) is 8.38. The number of aliphatic hydroxyl groups is 1. The fourth-order valence-corrected chi connectivity index (χ4v) is 4.95. The topological polar surface area (TPSA) is 41.3 Å². The Bertz CT molecular complexity index is 871. The first kappa shape index (κ1) is 18.4. The van der Waals surface area contributed by atoms with E-state index in [4.69, 9.17) is 4.98 Å². The van der Waals surface area contributed by atoms with E-state index in [9.17, 15) is 5.11 Å². The Balaban J connectivity index is 1.61. The number of thiophene rings is 1. The van der Waals surface area contributed by atoms with Crippen molar-refractivity contribution in [1.29, 1.82) is 0 Å². The molecule has 1 N–H and O–H groups in total. The highest BCUT2D eigenvalue weighted by Gasteiger charge is 2.21. The van der Waals surface area contributed by atoms with E-state index >= 15 is 0 Å². The minimum atomic E-state index is 0.305. The summed E-state index contributed by atoms with van der Waals surface area (Å²) >= 11 is 1.79. The molecule has 0 radical (unpaired) electrons. The molecule has 27 heavy (non-hydrogen) atoms. The van der Waals surface area contributed by atoms with Crippen LogP contribution in [0.1, 0.15) is 18.4 Å². The van der Waals surface area contributed by atoms with E-state index in [0.29, 0.717) is 12.5 Å². The monoisotopic (exact) mass is 381 g/mol. The van der Waals surface area contributed by atoms with Crippen LogP contribution in [-0.2, 0) is 6.54 Å². The summed E-state index contributed by atoms with van der Waals surface area (Å²) in [6.45, 7) is 6.53. The molecule has 142 valence electrons. The molecule has 5 heteroatoms. The van der Waals surface area contributed by atoms with Crippen molar-refractivity contribution in [2.45, 2.75) is 26.3 Å². The molecule has 0 saturated carbocycles. The summed E-state index contributed by atoms with van der Waals surface area (Å²) in [4.78, 5) is 8.58. The fraction of sp³-hybridized carbons (Fsp3) is 0.409. The molecule has 2 aromatic heterocycles. The lowest BCUT2D eigenvalue weighted by Crippen LogP contribution is -2.38. The first-order valence-corrected chi connectivity index (χ1v) is 10.6. The number of hydrogen-bond donors (Lipinski definition) is 1. The third-order valence-electron chi connectivity index (χ3n) is 5.48. The molecule has 3 heterocycles. The SMILES string of the molecule is Cc1ccsc1-c1c(-c2ccccc2)ncn1CCN1CCC[C@H](CO)C1. The predicted molar refractivity (Wildman–Crippen MR) is 112 cm³/mol. The van der Waals surface area contributed by atoms with Gasteiger partial charge in [-0.15, -0.1) is 11.3 Å². The molecule has 4 rings (SSSR count). The van der Waals surface area contributed by atoms with Crippen LogP contribution >= 0.6 is 11.3 Å². The molecule has 1 aromatic carbocycles. The second-order valence-electron chi connectivity index (χ2n) is 7.43. The molecule has 0 aliphatic carbocycles. The van der Waals surface area contributed by atoms with Crippen LogP contribution in [0.4, 0.5) is 0 Å². The minimum Gasteiger partial charge on any atom is -0.396 e. The largest absolute Gasteiger partial charge is 0.396 e. The summed E-state index contributed by atoms with van der Waals surface area (Å²) in [5.74, 6) is 0.431. The number of likely N-dealkylation sites (tertiary alicyclic amines) is 1. The molecule has 0 bridgehead atoms. The molecule has 1 saturated heterocycles. The van der Waals surface area contributed by atoms with Gasteiger partial charge >= 0.3 is 0 Å². The molecule has 0 amide bonds. The maximum absolute atomic E-state index is 9.48. The first-order chi connectivity index (χ1) is 13.3. The smallest absolute Gasteiger partial charge is 0.0971 e. The van der Waals surface area contributed by atoms with Gasteiger partial charge in [0.1, 0.15) is 0 Å². The van der Waals surface area contributed by atoms with Gasteiger partial charge in [-0.2, -0.15) is 0 Å². The summed E-state index contributed by atoms with van der Waals surface area (Å²) in [5, 5.41) is 11.6. The Morgan fingerprint density at radius 3 is 2.78 bits per heavy atom. The highest BCUT2D eigenvalue weighted by molar-refractivity contribution is 7.13. The van der Waals surface area contributed by atoms with Gasteiger partial charge in [0.2, 0.25) is 0 Å². The van der Waals surface area contributed by atoms with E-state index in [1.807, 2.05) is 12.4 Å². The predicted octanol–water partition coefficient (Wildman–Crippen LogP) is 4.29. The highest BCUT2D eigenvalue weighted by Crippen LogP contribution is 2.36. The van der Waals surface area contributed by atoms with Crippen molar-refractivity contribution < 1.29 is 5.11 Å². The highest BCUT2D eigenvalue weighted by atomic mass is 32.1. The number of rotatable bonds is 6. The molecule has 1 aliphatic rings. The summed E-state index contributed by atoms with van der Waals surface area (Å²) in [6, 6.07) is 12.6. The van der Waals surface area contributed by atoms with Crippen molar-refractivity contribution in [3.05, 3.63) is 53.7 Å². The standard InChI is InChI=1S/C22H27N3OS/c1-17-9-13-27-22(17)21-20(19-7-3-2-4-8-19)23-16-25(21)12-11-24-10-5-6-18(14-24)15-26/h2-4,7-9,13,16,18,26H,5-6,10-12,14-15H2,1H3/t18-/m0/s1. The number of aromatic nitrogens is 2. The number of nitrogens with zero attached hydrogens (tertiary/aromatic N) is 3. The average molecular weight is 382 g/mol. The number of benzene rings is 1. The van der Waals surface area contributed by atoms with Gasteiger partial charge in [-0.05, 0) is 49.2 Å². The maximum Gasteiger partial charge on any atom is 0.0971 e. The summed E-state index contributed by atoms with van der Waals surface area (Å²) in [6.07, 6.45) is 4.32. The van der Waals surface area contributed by atoms with Crippen LogP contribution < -0.4 is 0 Å². The van der Waals surface area contributed by atoms with Gasteiger partial charge in [0, 0.05) is 31.8 Å². The maximum atomic E-state index is 9.48. The summed E-state index contributed by atoms with van der Waals surface area (Å²) in [5.41, 5.74) is 4.76. The molecular formula is C22H27N3OS. The normalized spacial score (nSPS) is 18.1. The molecule has 1 atom stereocenters. The van der Waals surface area contributed by atoms with E-state index in [2.05, 4.69) is 52.1 Å².